The highest BCUT2D eigenvalue weighted by Gasteiger charge is 2.44. The van der Waals surface area contributed by atoms with Gasteiger partial charge in [-0.3, -0.25) is 4.79 Å². The van der Waals surface area contributed by atoms with Gasteiger partial charge < -0.3 is 45.4 Å². The van der Waals surface area contributed by atoms with Crippen LogP contribution in [0.25, 0.3) is 0 Å². The molecule has 0 aromatic rings. The standard InChI is InChI=1S/C50H95NO9/c1-3-5-7-9-11-13-15-17-19-21-22-23-25-27-29-31-33-35-37-39-44(54)49(58)51-42(41-59-50-48(57)47(56)46(55)45(40-52)60-50)43(53)38-36-34-32-30-28-26-24-20-18-16-14-12-10-8-6-4-2/h28,30,36,38,42-48,50,52-57H,3-27,29,31-35,37,39-41H2,1-2H3,(H,51,58)/b30-28+,38-36+. The summed E-state index contributed by atoms with van der Waals surface area (Å²) in [5.74, 6) is -0.623. The monoisotopic (exact) mass is 854 g/mol. The molecule has 0 saturated carbocycles. The zero-order valence-electron chi connectivity index (χ0n) is 38.6. The molecule has 7 N–H and O–H groups in total. The van der Waals surface area contributed by atoms with Gasteiger partial charge in [-0.25, -0.2) is 0 Å². The second kappa shape index (κ2) is 40.4. The van der Waals surface area contributed by atoms with Gasteiger partial charge in [-0.05, 0) is 32.1 Å². The molecule has 10 nitrogen and oxygen atoms in total. The molecule has 60 heavy (non-hydrogen) atoms. The summed E-state index contributed by atoms with van der Waals surface area (Å²) in [6.45, 7) is 3.61. The maximum absolute atomic E-state index is 13.1. The number of unbranched alkanes of at least 4 members (excludes halogenated alkanes) is 29. The number of rotatable bonds is 42. The fourth-order valence-corrected chi connectivity index (χ4v) is 8.00. The number of allylic oxidation sites excluding steroid dienone is 3. The van der Waals surface area contributed by atoms with E-state index in [9.17, 15) is 35.4 Å². The Bertz CT molecular complexity index is 1010. The van der Waals surface area contributed by atoms with Gasteiger partial charge in [0.25, 0.3) is 0 Å². The lowest BCUT2D eigenvalue weighted by molar-refractivity contribution is -0.302. The summed E-state index contributed by atoms with van der Waals surface area (Å²) >= 11 is 0. The Morgan fingerprint density at radius 3 is 1.45 bits per heavy atom. The fraction of sp³-hybridized carbons (Fsp3) is 0.900. The van der Waals surface area contributed by atoms with Gasteiger partial charge in [-0.1, -0.05) is 218 Å². The smallest absolute Gasteiger partial charge is 0.249 e. The average Bonchev–Trinajstić information content (AvgIpc) is 3.25. The highest BCUT2D eigenvalue weighted by Crippen LogP contribution is 2.23. The maximum Gasteiger partial charge on any atom is 0.249 e. The van der Waals surface area contributed by atoms with E-state index < -0.39 is 61.5 Å². The Morgan fingerprint density at radius 2 is 0.983 bits per heavy atom. The number of aliphatic hydroxyl groups is 6. The molecule has 1 saturated heterocycles. The number of carbonyl (C=O) groups is 1. The van der Waals surface area contributed by atoms with Gasteiger partial charge in [0.15, 0.2) is 6.29 Å². The minimum absolute atomic E-state index is 0.308. The Balaban J connectivity index is 2.37. The van der Waals surface area contributed by atoms with Crippen LogP contribution in [0.5, 0.6) is 0 Å². The van der Waals surface area contributed by atoms with E-state index in [-0.39, 0.29) is 6.61 Å². The van der Waals surface area contributed by atoms with Crippen LogP contribution in [0, 0.1) is 0 Å². The molecule has 1 aliphatic heterocycles. The molecule has 1 aliphatic rings. The van der Waals surface area contributed by atoms with Crippen molar-refractivity contribution in [2.45, 2.75) is 275 Å². The maximum atomic E-state index is 13.1. The van der Waals surface area contributed by atoms with Crippen molar-refractivity contribution >= 4 is 5.91 Å². The summed E-state index contributed by atoms with van der Waals surface area (Å²) in [5.41, 5.74) is 0. The van der Waals surface area contributed by atoms with E-state index in [1.54, 1.807) is 6.08 Å². The molecule has 1 fully saturated rings. The number of nitrogens with one attached hydrogen (secondary N) is 1. The minimum Gasteiger partial charge on any atom is -0.394 e. The highest BCUT2D eigenvalue weighted by atomic mass is 16.7. The van der Waals surface area contributed by atoms with Crippen LogP contribution in [0.3, 0.4) is 0 Å². The summed E-state index contributed by atoms with van der Waals surface area (Å²) in [5, 5.41) is 64.8. The molecule has 354 valence electrons. The van der Waals surface area contributed by atoms with Crippen molar-refractivity contribution in [2.75, 3.05) is 13.2 Å². The lowest BCUT2D eigenvalue weighted by Crippen LogP contribution is -2.60. The summed E-state index contributed by atoms with van der Waals surface area (Å²) < 4.78 is 11.1. The van der Waals surface area contributed by atoms with Gasteiger partial charge in [-0.15, -0.1) is 0 Å². The van der Waals surface area contributed by atoms with Crippen molar-refractivity contribution in [2.24, 2.45) is 0 Å². The summed E-state index contributed by atoms with van der Waals surface area (Å²) in [6, 6.07) is -0.993. The van der Waals surface area contributed by atoms with Gasteiger partial charge in [0.1, 0.15) is 30.5 Å². The van der Waals surface area contributed by atoms with Gasteiger partial charge in [0, 0.05) is 0 Å². The molecule has 1 heterocycles. The molecule has 0 bridgehead atoms. The van der Waals surface area contributed by atoms with Crippen molar-refractivity contribution in [1.29, 1.82) is 0 Å². The number of carbonyl (C=O) groups excluding carboxylic acids is 1. The predicted octanol–water partition coefficient (Wildman–Crippen LogP) is 10.0. The molecule has 1 amide bonds. The Kier molecular flexibility index (Phi) is 38.1. The predicted molar refractivity (Wildman–Crippen MR) is 246 cm³/mol. The van der Waals surface area contributed by atoms with Crippen LogP contribution in [0.4, 0.5) is 0 Å². The third-order valence-corrected chi connectivity index (χ3v) is 12.1. The average molecular weight is 854 g/mol. The molecular weight excluding hydrogens is 759 g/mol. The zero-order valence-corrected chi connectivity index (χ0v) is 38.6. The second-order valence-corrected chi connectivity index (χ2v) is 17.8. The van der Waals surface area contributed by atoms with Crippen LogP contribution in [0.15, 0.2) is 24.3 Å². The SMILES string of the molecule is CCCCCCCCCCCC/C=C/CC/C=C/C(O)C(COC1OC(CO)C(O)C(O)C1O)NC(=O)C(O)CCCCCCCCCCCCCCCCCCCCC. The van der Waals surface area contributed by atoms with Gasteiger partial charge >= 0.3 is 0 Å². The van der Waals surface area contributed by atoms with E-state index in [2.05, 4.69) is 31.3 Å². The number of amides is 1. The first-order valence-electron chi connectivity index (χ1n) is 25.2. The van der Waals surface area contributed by atoms with Crippen LogP contribution >= 0.6 is 0 Å². The quantitative estimate of drug-likeness (QED) is 0.0233. The van der Waals surface area contributed by atoms with Crippen molar-refractivity contribution in [3.63, 3.8) is 0 Å². The van der Waals surface area contributed by atoms with E-state index in [0.717, 1.165) is 32.1 Å². The van der Waals surface area contributed by atoms with E-state index in [0.29, 0.717) is 19.3 Å². The van der Waals surface area contributed by atoms with Crippen LogP contribution in [0.1, 0.15) is 226 Å². The zero-order chi connectivity index (χ0) is 43.9. The summed E-state index contributed by atoms with van der Waals surface area (Å²) in [7, 11) is 0. The number of aliphatic hydroxyl groups excluding tert-OH is 6. The summed E-state index contributed by atoms with van der Waals surface area (Å²) in [6.07, 6.45) is 38.4. The normalized spacial score (nSPS) is 21.2. The number of hydrogen-bond donors (Lipinski definition) is 7. The van der Waals surface area contributed by atoms with E-state index in [4.69, 9.17) is 9.47 Å². The largest absolute Gasteiger partial charge is 0.394 e. The number of hydrogen-bond acceptors (Lipinski definition) is 9. The highest BCUT2D eigenvalue weighted by molar-refractivity contribution is 5.80. The Morgan fingerprint density at radius 1 is 0.567 bits per heavy atom. The van der Waals surface area contributed by atoms with Gasteiger partial charge in [-0.2, -0.15) is 0 Å². The van der Waals surface area contributed by atoms with E-state index in [1.165, 1.54) is 161 Å². The minimum atomic E-state index is -1.61. The van der Waals surface area contributed by atoms with Crippen LogP contribution < -0.4 is 5.32 Å². The molecule has 10 heteroatoms. The molecule has 0 aliphatic carbocycles. The summed E-state index contributed by atoms with van der Waals surface area (Å²) in [4.78, 5) is 13.1. The molecule has 0 radical (unpaired) electrons. The second-order valence-electron chi connectivity index (χ2n) is 17.8. The Hall–Kier alpha value is -1.37. The van der Waals surface area contributed by atoms with E-state index in [1.807, 2.05) is 6.08 Å². The molecule has 0 spiro atoms. The van der Waals surface area contributed by atoms with Crippen LogP contribution in [0.2, 0.25) is 0 Å². The molecular formula is C50H95NO9. The molecule has 8 unspecified atom stereocenters. The Labute approximate surface area is 367 Å². The lowest BCUT2D eigenvalue weighted by atomic mass is 9.99. The van der Waals surface area contributed by atoms with Gasteiger partial charge in [0.05, 0.1) is 25.4 Å². The molecule has 0 aromatic heterocycles. The van der Waals surface area contributed by atoms with Crippen molar-refractivity contribution in [1.82, 2.24) is 5.32 Å². The van der Waals surface area contributed by atoms with Crippen molar-refractivity contribution < 1.29 is 44.9 Å². The third-order valence-electron chi connectivity index (χ3n) is 12.1. The first kappa shape index (κ1) is 56.6. The molecule has 0 aromatic carbocycles. The topological polar surface area (TPSA) is 169 Å². The first-order valence-corrected chi connectivity index (χ1v) is 25.2. The van der Waals surface area contributed by atoms with Crippen LogP contribution in [-0.4, -0.2) is 98.7 Å². The third kappa shape index (κ3) is 29.8. The van der Waals surface area contributed by atoms with Crippen molar-refractivity contribution in [3.05, 3.63) is 24.3 Å². The fourth-order valence-electron chi connectivity index (χ4n) is 8.00. The van der Waals surface area contributed by atoms with E-state index >= 15 is 0 Å². The first-order chi connectivity index (χ1) is 29.3. The van der Waals surface area contributed by atoms with Crippen molar-refractivity contribution in [3.8, 4) is 0 Å². The van der Waals surface area contributed by atoms with Gasteiger partial charge in [0.2, 0.25) is 5.91 Å². The molecule has 1 rings (SSSR count). The molecule has 8 atom stereocenters. The lowest BCUT2D eigenvalue weighted by Gasteiger charge is -2.40. The number of ether oxygens (including phenoxy) is 2. The van der Waals surface area contributed by atoms with Crippen LogP contribution in [-0.2, 0) is 14.3 Å².